The molecule has 2 aromatic heterocycles. The van der Waals surface area contributed by atoms with Gasteiger partial charge in [-0.15, -0.1) is 0 Å². The van der Waals surface area contributed by atoms with Crippen LogP contribution in [-0.4, -0.2) is 49.8 Å². The second kappa shape index (κ2) is 11.1. The van der Waals surface area contributed by atoms with E-state index in [1.165, 1.54) is 19.4 Å². The number of methoxy groups -OCH3 is 2. The lowest BCUT2D eigenvalue weighted by Crippen LogP contribution is -2.27. The standard InChI is InChI=1S/C28H29F2N5O5S/c1-14-19-10-15(12-22(26(19)35-28(31)34-14)40-18-6-4-17(38-2)5-7-18)16-11-20(27(39-3)33-13-16)24-21(29)8-9-23(25(24)30)41(32,36)37/h8-13,17-18H,4-7H2,1-3H3,(H2,31,34,35)(H2,32,36,37). The van der Waals surface area contributed by atoms with Gasteiger partial charge in [-0.1, -0.05) is 0 Å². The Bertz CT molecular complexity index is 1740. The molecule has 10 nitrogen and oxygen atoms in total. The molecule has 4 N–H and O–H groups in total. The molecular weight excluding hydrogens is 556 g/mol. The van der Waals surface area contributed by atoms with Gasteiger partial charge in [0.2, 0.25) is 21.9 Å². The van der Waals surface area contributed by atoms with Crippen LogP contribution in [0, 0.1) is 18.6 Å². The molecule has 0 amide bonds. The molecule has 0 spiro atoms. The average molecular weight is 586 g/mol. The highest BCUT2D eigenvalue weighted by Gasteiger charge is 2.26. The van der Waals surface area contributed by atoms with Gasteiger partial charge in [-0.3, -0.25) is 0 Å². The molecule has 2 aromatic carbocycles. The summed E-state index contributed by atoms with van der Waals surface area (Å²) in [6, 6.07) is 6.63. The Morgan fingerprint density at radius 1 is 0.976 bits per heavy atom. The van der Waals surface area contributed by atoms with E-state index >= 15 is 8.78 Å². The summed E-state index contributed by atoms with van der Waals surface area (Å²) < 4.78 is 71.5. The monoisotopic (exact) mass is 585 g/mol. The second-order valence-electron chi connectivity index (χ2n) is 9.85. The third kappa shape index (κ3) is 5.65. The summed E-state index contributed by atoms with van der Waals surface area (Å²) in [6.07, 6.45) is 4.88. The highest BCUT2D eigenvalue weighted by molar-refractivity contribution is 7.89. The van der Waals surface area contributed by atoms with Crippen molar-refractivity contribution in [3.05, 3.63) is 53.9 Å². The average Bonchev–Trinajstić information content (AvgIpc) is 2.93. The van der Waals surface area contributed by atoms with Crippen molar-refractivity contribution in [3.63, 3.8) is 0 Å². The topological polar surface area (TPSA) is 153 Å². The molecule has 1 aliphatic rings. The molecule has 216 valence electrons. The largest absolute Gasteiger partial charge is 0.488 e. The minimum Gasteiger partial charge on any atom is -0.488 e. The third-order valence-corrected chi connectivity index (χ3v) is 8.16. The van der Waals surface area contributed by atoms with Crippen molar-refractivity contribution in [2.45, 2.75) is 49.7 Å². The first kappa shape index (κ1) is 28.6. The van der Waals surface area contributed by atoms with E-state index in [0.29, 0.717) is 33.5 Å². The molecule has 1 saturated carbocycles. The molecule has 0 saturated heterocycles. The summed E-state index contributed by atoms with van der Waals surface area (Å²) in [6.45, 7) is 1.79. The van der Waals surface area contributed by atoms with Crippen LogP contribution in [0.3, 0.4) is 0 Å². The summed E-state index contributed by atoms with van der Waals surface area (Å²) in [5, 5.41) is 5.82. The van der Waals surface area contributed by atoms with E-state index in [-0.39, 0.29) is 29.6 Å². The van der Waals surface area contributed by atoms with Gasteiger partial charge in [-0.05, 0) is 68.5 Å². The fourth-order valence-electron chi connectivity index (χ4n) is 5.14. The van der Waals surface area contributed by atoms with Crippen molar-refractivity contribution >= 4 is 26.9 Å². The van der Waals surface area contributed by atoms with E-state index in [1.54, 1.807) is 26.2 Å². The number of ether oxygens (including phenoxy) is 3. The molecule has 0 radical (unpaired) electrons. The fraction of sp³-hybridized carbons (Fsp3) is 0.321. The van der Waals surface area contributed by atoms with Crippen molar-refractivity contribution in [2.24, 2.45) is 5.14 Å². The van der Waals surface area contributed by atoms with Gasteiger partial charge in [0.05, 0.1) is 36.1 Å². The maximum atomic E-state index is 15.4. The lowest BCUT2D eigenvalue weighted by molar-refractivity contribution is 0.0331. The van der Waals surface area contributed by atoms with Crippen LogP contribution < -0.4 is 20.3 Å². The van der Waals surface area contributed by atoms with Gasteiger partial charge in [-0.25, -0.2) is 37.3 Å². The fourth-order valence-corrected chi connectivity index (χ4v) is 5.75. The van der Waals surface area contributed by atoms with E-state index in [4.69, 9.17) is 25.1 Å². The smallest absolute Gasteiger partial charge is 0.240 e. The number of sulfonamides is 1. The van der Waals surface area contributed by atoms with Gasteiger partial charge in [0, 0.05) is 24.3 Å². The Morgan fingerprint density at radius 2 is 1.68 bits per heavy atom. The molecule has 0 unspecified atom stereocenters. The number of nitrogen functional groups attached to an aromatic ring is 1. The normalized spacial score (nSPS) is 17.5. The molecule has 2 heterocycles. The number of anilines is 1. The van der Waals surface area contributed by atoms with E-state index in [1.807, 2.05) is 0 Å². The van der Waals surface area contributed by atoms with Crippen LogP contribution in [0.1, 0.15) is 31.4 Å². The van der Waals surface area contributed by atoms with Gasteiger partial charge in [0.1, 0.15) is 22.0 Å². The molecule has 0 bridgehead atoms. The van der Waals surface area contributed by atoms with Crippen molar-refractivity contribution in [1.29, 1.82) is 0 Å². The van der Waals surface area contributed by atoms with E-state index in [9.17, 15) is 8.42 Å². The Morgan fingerprint density at radius 3 is 2.34 bits per heavy atom. The van der Waals surface area contributed by atoms with Crippen LogP contribution in [0.5, 0.6) is 11.6 Å². The van der Waals surface area contributed by atoms with Crippen LogP contribution in [0.15, 0.2) is 41.4 Å². The zero-order chi connectivity index (χ0) is 29.5. The number of primary sulfonamides is 1. The number of benzene rings is 2. The van der Waals surface area contributed by atoms with Crippen LogP contribution in [0.2, 0.25) is 0 Å². The lowest BCUT2D eigenvalue weighted by Gasteiger charge is -2.28. The van der Waals surface area contributed by atoms with Gasteiger partial charge in [0.15, 0.2) is 5.82 Å². The number of pyridine rings is 1. The Labute approximate surface area is 235 Å². The second-order valence-corrected chi connectivity index (χ2v) is 11.4. The first-order valence-corrected chi connectivity index (χ1v) is 14.4. The highest BCUT2D eigenvalue weighted by Crippen LogP contribution is 2.40. The van der Waals surface area contributed by atoms with Crippen molar-refractivity contribution < 1.29 is 31.4 Å². The summed E-state index contributed by atoms with van der Waals surface area (Å²) >= 11 is 0. The van der Waals surface area contributed by atoms with Crippen LogP contribution in [0.25, 0.3) is 33.2 Å². The number of aromatic nitrogens is 3. The minimum atomic E-state index is -4.47. The SMILES string of the molecule is COc1ncc(-c2cc(OC3CCC(OC)CC3)c3nc(N)nc(C)c3c2)cc1-c1c(F)ccc(S(N)(=O)=O)c1F. The van der Waals surface area contributed by atoms with Gasteiger partial charge in [-0.2, -0.15) is 0 Å². The molecule has 0 aliphatic heterocycles. The summed E-state index contributed by atoms with van der Waals surface area (Å²) in [5.41, 5.74) is 7.41. The van der Waals surface area contributed by atoms with E-state index in [2.05, 4.69) is 15.0 Å². The first-order chi connectivity index (χ1) is 19.5. The van der Waals surface area contributed by atoms with E-state index in [0.717, 1.165) is 37.8 Å². The summed E-state index contributed by atoms with van der Waals surface area (Å²) in [5.74, 6) is -1.90. The number of fused-ring (bicyclic) bond motifs is 1. The van der Waals surface area contributed by atoms with Gasteiger partial charge in [0.25, 0.3) is 0 Å². The minimum absolute atomic E-state index is 0.0787. The molecule has 41 heavy (non-hydrogen) atoms. The number of hydrogen-bond donors (Lipinski definition) is 2. The maximum Gasteiger partial charge on any atom is 0.240 e. The Kier molecular flexibility index (Phi) is 7.77. The number of nitrogens with two attached hydrogens (primary N) is 2. The zero-order valence-corrected chi connectivity index (χ0v) is 23.5. The molecule has 4 aromatic rings. The first-order valence-electron chi connectivity index (χ1n) is 12.8. The van der Waals surface area contributed by atoms with Crippen molar-refractivity contribution in [3.8, 4) is 33.9 Å². The third-order valence-electron chi connectivity index (χ3n) is 7.23. The summed E-state index contributed by atoms with van der Waals surface area (Å²) in [4.78, 5) is 12.1. The predicted octanol–water partition coefficient (Wildman–Crippen LogP) is 4.52. The quantitative estimate of drug-likeness (QED) is 0.319. The molecule has 5 rings (SSSR count). The molecular formula is C28H29F2N5O5S. The van der Waals surface area contributed by atoms with E-state index < -0.39 is 32.1 Å². The number of hydrogen-bond acceptors (Lipinski definition) is 9. The number of rotatable bonds is 7. The van der Waals surface area contributed by atoms with Gasteiger partial charge < -0.3 is 19.9 Å². The van der Waals surface area contributed by atoms with Crippen molar-refractivity contribution in [1.82, 2.24) is 15.0 Å². The summed E-state index contributed by atoms with van der Waals surface area (Å²) in [7, 11) is -1.48. The lowest BCUT2D eigenvalue weighted by atomic mass is 9.94. The highest BCUT2D eigenvalue weighted by atomic mass is 32.2. The van der Waals surface area contributed by atoms with Crippen LogP contribution in [0.4, 0.5) is 14.7 Å². The van der Waals surface area contributed by atoms with Crippen molar-refractivity contribution in [2.75, 3.05) is 20.0 Å². The molecule has 0 atom stereocenters. The van der Waals surface area contributed by atoms with Gasteiger partial charge >= 0.3 is 0 Å². The van der Waals surface area contributed by atoms with Crippen LogP contribution in [-0.2, 0) is 14.8 Å². The Balaban J connectivity index is 1.66. The number of halogens is 2. The molecule has 1 fully saturated rings. The predicted molar refractivity (Wildman–Crippen MR) is 149 cm³/mol. The Hall–Kier alpha value is -3.94. The molecule has 1 aliphatic carbocycles. The number of nitrogens with zero attached hydrogens (tertiary/aromatic N) is 3. The zero-order valence-electron chi connectivity index (χ0n) is 22.6. The van der Waals surface area contributed by atoms with Crippen LogP contribution >= 0.6 is 0 Å². The maximum absolute atomic E-state index is 15.4. The molecule has 13 heteroatoms. The number of aryl methyl sites for hydroxylation is 1.